The van der Waals surface area contributed by atoms with Gasteiger partial charge in [-0.3, -0.25) is 0 Å². The molecule has 0 aliphatic rings. The van der Waals surface area contributed by atoms with E-state index in [0.717, 1.165) is 0 Å². The third-order valence-corrected chi connectivity index (χ3v) is 1.79. The molecule has 1 rings (SSSR count). The van der Waals surface area contributed by atoms with Crippen molar-refractivity contribution in [1.82, 2.24) is 0 Å². The molecule has 0 fully saturated rings. The Bertz CT molecular complexity index is 297. The number of hydrogen-bond acceptors (Lipinski definition) is 3. The quantitative estimate of drug-likeness (QED) is 0.750. The van der Waals surface area contributed by atoms with Gasteiger partial charge in [-0.2, -0.15) is 0 Å². The fraction of sp³-hybridized carbons (Fsp3) is 0.455. The molecule has 3 nitrogen and oxygen atoms in total. The zero-order chi connectivity index (χ0) is 10.6. The van der Waals surface area contributed by atoms with E-state index in [1.165, 1.54) is 0 Å². The molecule has 0 saturated heterocycles. The molecule has 0 radical (unpaired) electrons. The molecular weight excluding hydrogens is 178 g/mol. The monoisotopic (exact) mass is 195 g/mol. The van der Waals surface area contributed by atoms with Gasteiger partial charge in [0.1, 0.15) is 0 Å². The predicted molar refractivity (Wildman–Crippen MR) is 57.7 cm³/mol. The number of benzene rings is 1. The Morgan fingerprint density at radius 2 is 2.07 bits per heavy atom. The third-order valence-electron chi connectivity index (χ3n) is 1.79. The lowest BCUT2D eigenvalue weighted by atomic mass is 10.2. The van der Waals surface area contributed by atoms with Gasteiger partial charge in [0.05, 0.1) is 19.4 Å². The maximum absolute atomic E-state index is 5.78. The normalized spacial score (nSPS) is 10.3. The first-order valence-electron chi connectivity index (χ1n) is 4.70. The number of anilines is 1. The summed E-state index contributed by atoms with van der Waals surface area (Å²) in [6.07, 6.45) is 0. The van der Waals surface area contributed by atoms with E-state index in [1.54, 1.807) is 13.2 Å². The van der Waals surface area contributed by atoms with Crippen molar-refractivity contribution in [2.45, 2.75) is 13.8 Å². The van der Waals surface area contributed by atoms with Crippen LogP contribution in [0, 0.1) is 5.92 Å². The van der Waals surface area contributed by atoms with Crippen molar-refractivity contribution in [2.75, 3.05) is 19.5 Å². The Labute approximate surface area is 84.8 Å². The smallest absolute Gasteiger partial charge is 0.184 e. The van der Waals surface area contributed by atoms with Gasteiger partial charge in [-0.25, -0.2) is 0 Å². The minimum Gasteiger partial charge on any atom is -0.493 e. The number of ether oxygens (including phenoxy) is 2. The lowest BCUT2D eigenvalue weighted by Crippen LogP contribution is -2.07. The molecule has 0 atom stereocenters. The fourth-order valence-electron chi connectivity index (χ4n) is 1.10. The summed E-state index contributed by atoms with van der Waals surface area (Å²) in [5.74, 6) is 1.80. The number of methoxy groups -OCH3 is 1. The predicted octanol–water partition coefficient (Wildman–Crippen LogP) is 2.31. The van der Waals surface area contributed by atoms with Crippen molar-refractivity contribution in [2.24, 2.45) is 5.92 Å². The van der Waals surface area contributed by atoms with E-state index in [0.29, 0.717) is 29.7 Å². The average molecular weight is 195 g/mol. The van der Waals surface area contributed by atoms with Crippen molar-refractivity contribution < 1.29 is 9.47 Å². The molecule has 1 aromatic carbocycles. The van der Waals surface area contributed by atoms with E-state index in [4.69, 9.17) is 15.2 Å². The molecule has 2 N–H and O–H groups in total. The molecule has 0 aromatic heterocycles. The Morgan fingerprint density at radius 3 is 2.64 bits per heavy atom. The molecular formula is C11H17NO2. The van der Waals surface area contributed by atoms with Crippen LogP contribution in [0.3, 0.4) is 0 Å². The van der Waals surface area contributed by atoms with Crippen LogP contribution in [0.25, 0.3) is 0 Å². The molecule has 78 valence electrons. The highest BCUT2D eigenvalue weighted by Gasteiger charge is 2.08. The van der Waals surface area contributed by atoms with Crippen LogP contribution in [0.2, 0.25) is 0 Å². The van der Waals surface area contributed by atoms with E-state index in [1.807, 2.05) is 12.1 Å². The van der Waals surface area contributed by atoms with Crippen LogP contribution in [0.5, 0.6) is 11.5 Å². The lowest BCUT2D eigenvalue weighted by molar-refractivity contribution is 0.258. The minimum absolute atomic E-state index is 0.472. The van der Waals surface area contributed by atoms with Crippen LogP contribution >= 0.6 is 0 Å². The summed E-state index contributed by atoms with van der Waals surface area (Å²) in [7, 11) is 1.61. The lowest BCUT2D eigenvalue weighted by Gasteiger charge is -2.13. The highest BCUT2D eigenvalue weighted by molar-refractivity contribution is 5.60. The van der Waals surface area contributed by atoms with Gasteiger partial charge < -0.3 is 15.2 Å². The molecule has 0 saturated carbocycles. The van der Waals surface area contributed by atoms with Gasteiger partial charge in [0, 0.05) is 0 Å². The highest BCUT2D eigenvalue weighted by atomic mass is 16.5. The van der Waals surface area contributed by atoms with E-state index < -0.39 is 0 Å². The van der Waals surface area contributed by atoms with Gasteiger partial charge in [-0.15, -0.1) is 0 Å². The number of nitrogen functional groups attached to an aromatic ring is 1. The van der Waals surface area contributed by atoms with Crippen molar-refractivity contribution in [1.29, 1.82) is 0 Å². The second kappa shape index (κ2) is 4.74. The van der Waals surface area contributed by atoms with Gasteiger partial charge in [0.25, 0.3) is 0 Å². The van der Waals surface area contributed by atoms with E-state index >= 15 is 0 Å². The molecule has 0 aliphatic carbocycles. The molecule has 0 spiro atoms. The summed E-state index contributed by atoms with van der Waals surface area (Å²) in [5.41, 5.74) is 6.39. The number of nitrogens with two attached hydrogens (primary N) is 1. The first kappa shape index (κ1) is 10.7. The summed E-state index contributed by atoms with van der Waals surface area (Å²) < 4.78 is 10.7. The largest absolute Gasteiger partial charge is 0.493 e. The van der Waals surface area contributed by atoms with Gasteiger partial charge in [-0.05, 0) is 18.1 Å². The molecule has 0 heterocycles. The van der Waals surface area contributed by atoms with Crippen LogP contribution in [0.15, 0.2) is 18.2 Å². The summed E-state index contributed by atoms with van der Waals surface area (Å²) in [4.78, 5) is 0. The molecule has 0 aliphatic heterocycles. The van der Waals surface area contributed by atoms with Gasteiger partial charge >= 0.3 is 0 Å². The third kappa shape index (κ3) is 2.55. The number of para-hydroxylation sites is 1. The van der Waals surface area contributed by atoms with Crippen molar-refractivity contribution >= 4 is 5.69 Å². The van der Waals surface area contributed by atoms with Crippen molar-refractivity contribution in [3.8, 4) is 11.5 Å². The maximum atomic E-state index is 5.78. The van der Waals surface area contributed by atoms with Crippen molar-refractivity contribution in [3.63, 3.8) is 0 Å². The SMILES string of the molecule is COc1cccc(N)c1OCC(C)C. The Morgan fingerprint density at radius 1 is 1.36 bits per heavy atom. The number of hydrogen-bond donors (Lipinski definition) is 1. The molecule has 14 heavy (non-hydrogen) atoms. The van der Waals surface area contributed by atoms with Gasteiger partial charge in [0.2, 0.25) is 0 Å². The Hall–Kier alpha value is -1.38. The standard InChI is InChI=1S/C11H17NO2/c1-8(2)7-14-11-9(12)5-4-6-10(11)13-3/h4-6,8H,7,12H2,1-3H3. The first-order valence-corrected chi connectivity index (χ1v) is 4.70. The molecule has 1 aromatic rings. The summed E-state index contributed by atoms with van der Waals surface area (Å²) in [6.45, 7) is 4.82. The topological polar surface area (TPSA) is 44.5 Å². The highest BCUT2D eigenvalue weighted by Crippen LogP contribution is 2.33. The summed E-state index contributed by atoms with van der Waals surface area (Å²) in [6, 6.07) is 5.49. The van der Waals surface area contributed by atoms with Crippen molar-refractivity contribution in [3.05, 3.63) is 18.2 Å². The van der Waals surface area contributed by atoms with Gasteiger partial charge in [-0.1, -0.05) is 19.9 Å². The summed E-state index contributed by atoms with van der Waals surface area (Å²) >= 11 is 0. The second-order valence-corrected chi connectivity index (χ2v) is 3.58. The van der Waals surface area contributed by atoms with E-state index in [-0.39, 0.29) is 0 Å². The van der Waals surface area contributed by atoms with E-state index in [2.05, 4.69) is 13.8 Å². The first-order chi connectivity index (χ1) is 6.65. The van der Waals surface area contributed by atoms with Crippen LogP contribution in [0.4, 0.5) is 5.69 Å². The summed E-state index contributed by atoms with van der Waals surface area (Å²) in [5, 5.41) is 0. The van der Waals surface area contributed by atoms with Crippen LogP contribution in [0.1, 0.15) is 13.8 Å². The zero-order valence-corrected chi connectivity index (χ0v) is 8.91. The number of rotatable bonds is 4. The zero-order valence-electron chi connectivity index (χ0n) is 8.91. The minimum atomic E-state index is 0.472. The van der Waals surface area contributed by atoms with Crippen LogP contribution < -0.4 is 15.2 Å². The molecule has 0 amide bonds. The maximum Gasteiger partial charge on any atom is 0.184 e. The molecule has 0 unspecified atom stereocenters. The average Bonchev–Trinajstić information content (AvgIpc) is 2.15. The Balaban J connectivity index is 2.82. The molecule has 3 heteroatoms. The van der Waals surface area contributed by atoms with E-state index in [9.17, 15) is 0 Å². The van der Waals surface area contributed by atoms with Crippen LogP contribution in [-0.2, 0) is 0 Å². The molecule has 0 bridgehead atoms. The Kier molecular flexibility index (Phi) is 3.63. The van der Waals surface area contributed by atoms with Gasteiger partial charge in [0.15, 0.2) is 11.5 Å². The second-order valence-electron chi connectivity index (χ2n) is 3.58. The van der Waals surface area contributed by atoms with Crippen LogP contribution in [-0.4, -0.2) is 13.7 Å². The fourth-order valence-corrected chi connectivity index (χ4v) is 1.10.